The van der Waals surface area contributed by atoms with Crippen molar-refractivity contribution in [2.45, 2.75) is 26.8 Å². The molecule has 0 amide bonds. The van der Waals surface area contributed by atoms with Gasteiger partial charge in [0.1, 0.15) is 5.82 Å². The second kappa shape index (κ2) is 5.36. The molecule has 20 heavy (non-hydrogen) atoms. The highest BCUT2D eigenvalue weighted by atomic mass is 19.1. The van der Waals surface area contributed by atoms with Crippen LogP contribution >= 0.6 is 0 Å². The van der Waals surface area contributed by atoms with Crippen molar-refractivity contribution in [1.82, 2.24) is 20.2 Å². The molecule has 0 saturated heterocycles. The van der Waals surface area contributed by atoms with Crippen LogP contribution in [0.25, 0.3) is 11.4 Å². The number of halogens is 1. The van der Waals surface area contributed by atoms with Crippen LogP contribution in [-0.2, 0) is 11.3 Å². The molecule has 0 aliphatic carbocycles. The zero-order valence-electron chi connectivity index (χ0n) is 11.2. The van der Waals surface area contributed by atoms with Gasteiger partial charge in [0.15, 0.2) is 5.82 Å². The van der Waals surface area contributed by atoms with Gasteiger partial charge in [-0.1, -0.05) is 19.1 Å². The molecular weight excluding hydrogens is 263 g/mol. The van der Waals surface area contributed by atoms with Gasteiger partial charge in [-0.3, -0.25) is 4.79 Å². The molecule has 2 aromatic rings. The maximum Gasteiger partial charge on any atom is 0.311 e. The van der Waals surface area contributed by atoms with E-state index < -0.39 is 17.2 Å². The first-order valence-electron chi connectivity index (χ1n) is 6.22. The number of aromatic nitrogens is 4. The summed E-state index contributed by atoms with van der Waals surface area (Å²) in [5, 5.41) is 20.5. The molecule has 1 aromatic carbocycles. The van der Waals surface area contributed by atoms with E-state index in [4.69, 9.17) is 0 Å². The summed E-state index contributed by atoms with van der Waals surface area (Å²) in [6.07, 6.45) is 0.435. The molecule has 1 N–H and O–H groups in total. The Morgan fingerprint density at radius 3 is 2.85 bits per heavy atom. The molecule has 0 spiro atoms. The van der Waals surface area contributed by atoms with Crippen LogP contribution in [0.15, 0.2) is 24.3 Å². The van der Waals surface area contributed by atoms with Gasteiger partial charge in [0, 0.05) is 5.56 Å². The van der Waals surface area contributed by atoms with Gasteiger partial charge in [0.25, 0.3) is 0 Å². The monoisotopic (exact) mass is 278 g/mol. The topological polar surface area (TPSA) is 80.9 Å². The number of nitrogens with zero attached hydrogens (tertiary/aromatic N) is 4. The molecular formula is C13H15FN4O2. The minimum Gasteiger partial charge on any atom is -0.481 e. The smallest absolute Gasteiger partial charge is 0.311 e. The molecule has 1 atom stereocenters. The average Bonchev–Trinajstić information content (AvgIpc) is 2.86. The second-order valence-corrected chi connectivity index (χ2v) is 4.89. The molecule has 0 bridgehead atoms. The maximum absolute atomic E-state index is 13.3. The number of hydrogen-bond donors (Lipinski definition) is 1. The molecule has 0 aliphatic heterocycles. The van der Waals surface area contributed by atoms with Crippen molar-refractivity contribution in [3.63, 3.8) is 0 Å². The van der Waals surface area contributed by atoms with Gasteiger partial charge in [0.2, 0.25) is 0 Å². The lowest BCUT2D eigenvalue weighted by molar-refractivity contribution is -0.149. The highest BCUT2D eigenvalue weighted by Crippen LogP contribution is 2.26. The number of carboxylic acid groups (broad SMARTS) is 1. The Balaban J connectivity index is 2.37. The minimum atomic E-state index is -0.975. The fraction of sp³-hybridized carbons (Fsp3) is 0.385. The molecule has 1 aromatic heterocycles. The minimum absolute atomic E-state index is 0.123. The van der Waals surface area contributed by atoms with Crippen molar-refractivity contribution in [3.05, 3.63) is 30.1 Å². The quantitative estimate of drug-likeness (QED) is 0.904. The summed E-state index contributed by atoms with van der Waals surface area (Å²) < 4.78 is 14.6. The summed E-state index contributed by atoms with van der Waals surface area (Å²) in [7, 11) is 0. The van der Waals surface area contributed by atoms with Crippen LogP contribution in [0, 0.1) is 11.2 Å². The standard InChI is InChI=1S/C13H15FN4O2/c1-3-13(2,12(19)20)8-18-11(15-16-17-18)9-5-4-6-10(14)7-9/h4-7H,3,8H2,1-2H3,(H,19,20). The van der Waals surface area contributed by atoms with Gasteiger partial charge in [-0.05, 0) is 35.9 Å². The van der Waals surface area contributed by atoms with E-state index in [0.29, 0.717) is 17.8 Å². The van der Waals surface area contributed by atoms with Gasteiger partial charge in [-0.25, -0.2) is 9.07 Å². The van der Waals surface area contributed by atoms with E-state index in [1.165, 1.54) is 16.8 Å². The highest BCUT2D eigenvalue weighted by Gasteiger charge is 2.33. The molecule has 2 rings (SSSR count). The Bertz CT molecular complexity index is 628. The third kappa shape index (κ3) is 2.66. The number of aliphatic carboxylic acids is 1. The largest absolute Gasteiger partial charge is 0.481 e. The summed E-state index contributed by atoms with van der Waals surface area (Å²) in [6.45, 7) is 3.55. The molecule has 7 heteroatoms. The van der Waals surface area contributed by atoms with Crippen molar-refractivity contribution >= 4 is 5.97 Å². The van der Waals surface area contributed by atoms with Crippen LogP contribution in [0.2, 0.25) is 0 Å². The lowest BCUT2D eigenvalue weighted by Crippen LogP contribution is -2.32. The predicted molar refractivity (Wildman–Crippen MR) is 69.2 cm³/mol. The van der Waals surface area contributed by atoms with Crippen LogP contribution < -0.4 is 0 Å². The molecule has 0 saturated carbocycles. The predicted octanol–water partition coefficient (Wildman–Crippen LogP) is 1.98. The normalized spacial score (nSPS) is 13.9. The number of hydrogen-bond acceptors (Lipinski definition) is 4. The van der Waals surface area contributed by atoms with Crippen molar-refractivity contribution in [1.29, 1.82) is 0 Å². The van der Waals surface area contributed by atoms with Gasteiger partial charge in [-0.2, -0.15) is 0 Å². The van der Waals surface area contributed by atoms with Gasteiger partial charge in [0.05, 0.1) is 12.0 Å². The maximum atomic E-state index is 13.3. The van der Waals surface area contributed by atoms with Crippen molar-refractivity contribution in [3.8, 4) is 11.4 Å². The van der Waals surface area contributed by atoms with E-state index in [9.17, 15) is 14.3 Å². The summed E-state index contributed by atoms with van der Waals surface area (Å²) >= 11 is 0. The van der Waals surface area contributed by atoms with Gasteiger partial charge in [-0.15, -0.1) is 5.10 Å². The Morgan fingerprint density at radius 2 is 2.25 bits per heavy atom. The van der Waals surface area contributed by atoms with Gasteiger partial charge < -0.3 is 5.11 Å². The number of rotatable bonds is 5. The fourth-order valence-electron chi connectivity index (χ4n) is 1.81. The molecule has 1 heterocycles. The first-order valence-corrected chi connectivity index (χ1v) is 6.22. The fourth-order valence-corrected chi connectivity index (χ4v) is 1.81. The van der Waals surface area contributed by atoms with E-state index in [1.54, 1.807) is 26.0 Å². The van der Waals surface area contributed by atoms with Crippen LogP contribution in [0.5, 0.6) is 0 Å². The third-order valence-corrected chi connectivity index (χ3v) is 3.41. The van der Waals surface area contributed by atoms with Crippen LogP contribution in [0.3, 0.4) is 0 Å². The first kappa shape index (κ1) is 14.1. The Morgan fingerprint density at radius 1 is 1.50 bits per heavy atom. The van der Waals surface area contributed by atoms with Crippen molar-refractivity contribution < 1.29 is 14.3 Å². The zero-order valence-corrected chi connectivity index (χ0v) is 11.2. The lowest BCUT2D eigenvalue weighted by Gasteiger charge is -2.22. The van der Waals surface area contributed by atoms with Gasteiger partial charge >= 0.3 is 5.97 Å². The summed E-state index contributed by atoms with van der Waals surface area (Å²) in [6, 6.07) is 5.87. The summed E-state index contributed by atoms with van der Waals surface area (Å²) in [4.78, 5) is 11.3. The summed E-state index contributed by atoms with van der Waals surface area (Å²) in [5.41, 5.74) is -0.462. The van der Waals surface area contributed by atoms with E-state index in [0.717, 1.165) is 0 Å². The number of benzene rings is 1. The molecule has 6 nitrogen and oxygen atoms in total. The lowest BCUT2D eigenvalue weighted by atomic mass is 9.88. The Hall–Kier alpha value is -2.31. The van der Waals surface area contributed by atoms with E-state index in [2.05, 4.69) is 15.5 Å². The Labute approximate surface area is 115 Å². The SMILES string of the molecule is CCC(C)(Cn1nnnc1-c1cccc(F)c1)C(=O)O. The van der Waals surface area contributed by atoms with E-state index in [1.807, 2.05) is 0 Å². The zero-order chi connectivity index (χ0) is 14.8. The third-order valence-electron chi connectivity index (χ3n) is 3.41. The average molecular weight is 278 g/mol. The Kier molecular flexibility index (Phi) is 3.78. The van der Waals surface area contributed by atoms with Crippen LogP contribution in [0.4, 0.5) is 4.39 Å². The van der Waals surface area contributed by atoms with Crippen LogP contribution in [0.1, 0.15) is 20.3 Å². The number of carboxylic acids is 1. The first-order chi connectivity index (χ1) is 9.46. The van der Waals surface area contributed by atoms with E-state index >= 15 is 0 Å². The van der Waals surface area contributed by atoms with Crippen molar-refractivity contribution in [2.75, 3.05) is 0 Å². The van der Waals surface area contributed by atoms with E-state index in [-0.39, 0.29) is 6.54 Å². The summed E-state index contributed by atoms with van der Waals surface area (Å²) in [5.74, 6) is -0.959. The number of carbonyl (C=O) groups is 1. The molecule has 1 unspecified atom stereocenters. The molecule has 0 radical (unpaired) electrons. The number of tetrazole rings is 1. The second-order valence-electron chi connectivity index (χ2n) is 4.89. The molecule has 106 valence electrons. The molecule has 0 aliphatic rings. The highest BCUT2D eigenvalue weighted by molar-refractivity contribution is 5.74. The van der Waals surface area contributed by atoms with Crippen molar-refractivity contribution in [2.24, 2.45) is 5.41 Å². The molecule has 0 fully saturated rings. The van der Waals surface area contributed by atoms with Crippen LogP contribution in [-0.4, -0.2) is 31.3 Å².